The molecule has 1 saturated heterocycles. The van der Waals surface area contributed by atoms with E-state index < -0.39 is 0 Å². The summed E-state index contributed by atoms with van der Waals surface area (Å²) in [7, 11) is 1.19. The summed E-state index contributed by atoms with van der Waals surface area (Å²) in [4.78, 5) is 0. The van der Waals surface area contributed by atoms with Gasteiger partial charge in [0.05, 0.1) is 12.7 Å². The van der Waals surface area contributed by atoms with Crippen LogP contribution in [0.4, 0.5) is 0 Å². The third kappa shape index (κ3) is 3.09. The standard InChI is InChI=1S/C9H19NOSi/c1-7(8(2)12)5-9-6-10-3-4-11-9/h9-10H,3-6H2,1-2,12H3. The van der Waals surface area contributed by atoms with Gasteiger partial charge in [-0.3, -0.25) is 0 Å². The summed E-state index contributed by atoms with van der Waals surface area (Å²) < 4.78 is 5.62. The van der Waals surface area contributed by atoms with Gasteiger partial charge in [-0.1, -0.05) is 10.8 Å². The molecule has 0 amide bonds. The van der Waals surface area contributed by atoms with E-state index in [1.54, 1.807) is 5.20 Å². The molecule has 0 aromatic carbocycles. The average molecular weight is 185 g/mol. The summed E-state index contributed by atoms with van der Waals surface area (Å²) in [6.07, 6.45) is 1.53. The summed E-state index contributed by atoms with van der Waals surface area (Å²) in [6, 6.07) is 0. The van der Waals surface area contributed by atoms with Crippen molar-refractivity contribution < 1.29 is 4.74 Å². The molecule has 70 valence electrons. The Morgan fingerprint density at radius 3 is 2.83 bits per heavy atom. The van der Waals surface area contributed by atoms with Gasteiger partial charge >= 0.3 is 0 Å². The Morgan fingerprint density at radius 1 is 1.58 bits per heavy atom. The van der Waals surface area contributed by atoms with E-state index in [1.807, 2.05) is 0 Å². The van der Waals surface area contributed by atoms with Crippen LogP contribution in [0.2, 0.25) is 0 Å². The summed E-state index contributed by atoms with van der Waals surface area (Å²) in [6.45, 7) is 7.35. The van der Waals surface area contributed by atoms with Crippen molar-refractivity contribution in [1.29, 1.82) is 0 Å². The van der Waals surface area contributed by atoms with Crippen LogP contribution in [0.3, 0.4) is 0 Å². The summed E-state index contributed by atoms with van der Waals surface area (Å²) in [5.74, 6) is 0. The highest BCUT2D eigenvalue weighted by molar-refractivity contribution is 6.21. The maximum atomic E-state index is 5.62. The van der Waals surface area contributed by atoms with Crippen LogP contribution in [0.5, 0.6) is 0 Å². The third-order valence-corrected chi connectivity index (χ3v) is 3.25. The zero-order chi connectivity index (χ0) is 8.97. The van der Waals surface area contributed by atoms with Crippen LogP contribution in [-0.2, 0) is 4.74 Å². The number of nitrogens with one attached hydrogen (secondary N) is 1. The molecule has 1 rings (SSSR count). The Bertz CT molecular complexity index is 169. The highest BCUT2D eigenvalue weighted by Crippen LogP contribution is 2.11. The minimum Gasteiger partial charge on any atom is -0.375 e. The molecule has 1 N–H and O–H groups in total. The SMILES string of the molecule is CC([SiH3])=C(C)CC1CNCCO1. The van der Waals surface area contributed by atoms with E-state index in [9.17, 15) is 0 Å². The lowest BCUT2D eigenvalue weighted by Crippen LogP contribution is -2.38. The largest absolute Gasteiger partial charge is 0.375 e. The molecule has 0 aromatic heterocycles. The molecule has 1 atom stereocenters. The van der Waals surface area contributed by atoms with Crippen LogP contribution in [-0.4, -0.2) is 36.0 Å². The highest BCUT2D eigenvalue weighted by atomic mass is 28.1. The lowest BCUT2D eigenvalue weighted by Gasteiger charge is -2.24. The van der Waals surface area contributed by atoms with Crippen molar-refractivity contribution in [2.45, 2.75) is 26.4 Å². The van der Waals surface area contributed by atoms with E-state index in [4.69, 9.17) is 4.74 Å². The van der Waals surface area contributed by atoms with Gasteiger partial charge in [-0.05, 0) is 20.3 Å². The predicted octanol–water partition coefficient (Wildman–Crippen LogP) is 0.0242. The molecule has 1 heterocycles. The second kappa shape index (κ2) is 4.79. The number of hydrogen-bond donors (Lipinski definition) is 1. The molecule has 3 heteroatoms. The first-order valence-corrected chi connectivity index (χ1v) is 5.65. The maximum absolute atomic E-state index is 5.62. The Hall–Kier alpha value is -0.123. The summed E-state index contributed by atoms with van der Waals surface area (Å²) in [5.41, 5.74) is 1.52. The molecule has 1 aliphatic rings. The van der Waals surface area contributed by atoms with Crippen LogP contribution >= 0.6 is 0 Å². The van der Waals surface area contributed by atoms with Gasteiger partial charge in [0.15, 0.2) is 0 Å². The molecule has 1 fully saturated rings. The van der Waals surface area contributed by atoms with Gasteiger partial charge in [0.25, 0.3) is 0 Å². The van der Waals surface area contributed by atoms with E-state index in [-0.39, 0.29) is 0 Å². The average Bonchev–Trinajstić information content (AvgIpc) is 2.06. The fourth-order valence-corrected chi connectivity index (χ4v) is 1.50. The molecule has 0 spiro atoms. The molecule has 0 aliphatic carbocycles. The second-order valence-corrected chi connectivity index (χ2v) is 5.18. The minimum atomic E-state index is 0.419. The molecule has 12 heavy (non-hydrogen) atoms. The van der Waals surface area contributed by atoms with Crippen molar-refractivity contribution in [1.82, 2.24) is 5.32 Å². The fourth-order valence-electron chi connectivity index (χ4n) is 1.30. The molecule has 0 radical (unpaired) electrons. The maximum Gasteiger partial charge on any atom is 0.0736 e. The Labute approximate surface area is 77.8 Å². The first-order valence-electron chi connectivity index (χ1n) is 4.65. The summed E-state index contributed by atoms with van der Waals surface area (Å²) in [5, 5.41) is 4.90. The number of hydrogen-bond acceptors (Lipinski definition) is 2. The van der Waals surface area contributed by atoms with Gasteiger partial charge in [0.1, 0.15) is 0 Å². The monoisotopic (exact) mass is 185 g/mol. The highest BCUT2D eigenvalue weighted by Gasteiger charge is 2.13. The third-order valence-electron chi connectivity index (χ3n) is 2.39. The molecular weight excluding hydrogens is 166 g/mol. The first-order chi connectivity index (χ1) is 5.70. The predicted molar refractivity (Wildman–Crippen MR) is 55.5 cm³/mol. The molecule has 0 saturated carbocycles. The van der Waals surface area contributed by atoms with Crippen LogP contribution < -0.4 is 5.32 Å². The van der Waals surface area contributed by atoms with Crippen molar-refractivity contribution in [2.75, 3.05) is 19.7 Å². The van der Waals surface area contributed by atoms with Crippen LogP contribution in [0.25, 0.3) is 0 Å². The smallest absolute Gasteiger partial charge is 0.0736 e. The fraction of sp³-hybridized carbons (Fsp3) is 0.778. The Kier molecular flexibility index (Phi) is 3.98. The van der Waals surface area contributed by atoms with Crippen LogP contribution in [0.1, 0.15) is 20.3 Å². The van der Waals surface area contributed by atoms with Crippen molar-refractivity contribution in [2.24, 2.45) is 0 Å². The quantitative estimate of drug-likeness (QED) is 0.613. The van der Waals surface area contributed by atoms with E-state index in [0.717, 1.165) is 26.1 Å². The van der Waals surface area contributed by atoms with Gasteiger partial charge in [-0.25, -0.2) is 0 Å². The van der Waals surface area contributed by atoms with Crippen molar-refractivity contribution >= 4 is 10.2 Å². The zero-order valence-electron chi connectivity index (χ0n) is 8.31. The Morgan fingerprint density at radius 2 is 2.33 bits per heavy atom. The zero-order valence-corrected chi connectivity index (χ0v) is 10.3. The van der Waals surface area contributed by atoms with E-state index in [1.165, 1.54) is 15.8 Å². The number of allylic oxidation sites excluding steroid dienone is 1. The van der Waals surface area contributed by atoms with Crippen molar-refractivity contribution in [3.05, 3.63) is 10.8 Å². The topological polar surface area (TPSA) is 21.3 Å². The van der Waals surface area contributed by atoms with Crippen LogP contribution in [0, 0.1) is 0 Å². The van der Waals surface area contributed by atoms with Crippen molar-refractivity contribution in [3.63, 3.8) is 0 Å². The van der Waals surface area contributed by atoms with E-state index in [0.29, 0.717) is 6.10 Å². The molecule has 1 unspecified atom stereocenters. The lowest BCUT2D eigenvalue weighted by atomic mass is 10.1. The number of morpholine rings is 1. The van der Waals surface area contributed by atoms with Crippen LogP contribution in [0.15, 0.2) is 10.8 Å². The summed E-state index contributed by atoms with van der Waals surface area (Å²) >= 11 is 0. The molecule has 0 aromatic rings. The normalized spacial score (nSPS) is 27.0. The van der Waals surface area contributed by atoms with E-state index >= 15 is 0 Å². The number of ether oxygens (including phenoxy) is 1. The minimum absolute atomic E-state index is 0.419. The first kappa shape index (κ1) is 9.96. The van der Waals surface area contributed by atoms with Crippen molar-refractivity contribution in [3.8, 4) is 0 Å². The number of rotatable bonds is 2. The lowest BCUT2D eigenvalue weighted by molar-refractivity contribution is 0.0292. The molecule has 0 bridgehead atoms. The second-order valence-electron chi connectivity index (χ2n) is 3.68. The molecule has 2 nitrogen and oxygen atoms in total. The molecule has 1 aliphatic heterocycles. The van der Waals surface area contributed by atoms with E-state index in [2.05, 4.69) is 19.2 Å². The van der Waals surface area contributed by atoms with Gasteiger partial charge in [-0.2, -0.15) is 0 Å². The molecular formula is C9H19NOSi. The van der Waals surface area contributed by atoms with Gasteiger partial charge < -0.3 is 10.1 Å². The van der Waals surface area contributed by atoms with Gasteiger partial charge in [0, 0.05) is 23.3 Å². The Balaban J connectivity index is 2.34. The van der Waals surface area contributed by atoms with Gasteiger partial charge in [-0.15, -0.1) is 0 Å². The van der Waals surface area contributed by atoms with Gasteiger partial charge in [0.2, 0.25) is 0 Å².